The summed E-state index contributed by atoms with van der Waals surface area (Å²) in [6.07, 6.45) is 0. The van der Waals surface area contributed by atoms with Crippen molar-refractivity contribution in [3.8, 4) is 11.5 Å². The van der Waals surface area contributed by atoms with E-state index in [2.05, 4.69) is 63.6 Å². The number of rotatable bonds is 3. The van der Waals surface area contributed by atoms with E-state index in [0.717, 1.165) is 16.9 Å². The maximum atomic E-state index is 5.93. The molecule has 0 spiro atoms. The Bertz CT molecular complexity index is 1020. The third-order valence-corrected chi connectivity index (χ3v) is 5.44. The average Bonchev–Trinajstić information content (AvgIpc) is 3.17. The molecular formula is C21H15N3OS. The highest BCUT2D eigenvalue weighted by Gasteiger charge is 2.24. The Morgan fingerprint density at radius 3 is 2.04 bits per heavy atom. The molecule has 0 fully saturated rings. The van der Waals surface area contributed by atoms with E-state index in [0.29, 0.717) is 18.3 Å². The maximum Gasteiger partial charge on any atom is 0.247 e. The smallest absolute Gasteiger partial charge is 0.247 e. The van der Waals surface area contributed by atoms with Crippen LogP contribution in [0.5, 0.6) is 0 Å². The molecule has 0 atom stereocenters. The molecule has 4 aromatic rings. The molecule has 0 N–H and O–H groups in total. The van der Waals surface area contributed by atoms with E-state index in [9.17, 15) is 0 Å². The third-order valence-electron chi connectivity index (χ3n) is 4.31. The van der Waals surface area contributed by atoms with Gasteiger partial charge in [-0.2, -0.15) is 0 Å². The van der Waals surface area contributed by atoms with Gasteiger partial charge >= 0.3 is 0 Å². The van der Waals surface area contributed by atoms with Gasteiger partial charge in [-0.15, -0.1) is 10.2 Å². The maximum absolute atomic E-state index is 5.93. The highest BCUT2D eigenvalue weighted by Crippen LogP contribution is 2.48. The van der Waals surface area contributed by atoms with Gasteiger partial charge in [0.1, 0.15) is 6.54 Å². The molecule has 1 aliphatic rings. The fourth-order valence-corrected chi connectivity index (χ4v) is 4.20. The topological polar surface area (TPSA) is 42.2 Å². The molecule has 0 saturated carbocycles. The van der Waals surface area contributed by atoms with Crippen LogP contribution in [0, 0.1) is 0 Å². The summed E-state index contributed by atoms with van der Waals surface area (Å²) in [6.45, 7) is 0.536. The van der Waals surface area contributed by atoms with Crippen LogP contribution < -0.4 is 4.90 Å². The van der Waals surface area contributed by atoms with Gasteiger partial charge in [-0.05, 0) is 36.4 Å². The van der Waals surface area contributed by atoms with Crippen molar-refractivity contribution < 1.29 is 4.42 Å². The number of fused-ring (bicyclic) bond motifs is 2. The van der Waals surface area contributed by atoms with Crippen molar-refractivity contribution in [2.45, 2.75) is 16.3 Å². The normalized spacial score (nSPS) is 12.5. The van der Waals surface area contributed by atoms with Crippen molar-refractivity contribution in [3.63, 3.8) is 0 Å². The fourth-order valence-electron chi connectivity index (χ4n) is 3.10. The molecule has 26 heavy (non-hydrogen) atoms. The minimum Gasteiger partial charge on any atom is -0.419 e. The molecule has 3 aromatic carbocycles. The van der Waals surface area contributed by atoms with Crippen molar-refractivity contribution >= 4 is 23.1 Å². The molecule has 126 valence electrons. The van der Waals surface area contributed by atoms with Gasteiger partial charge in [0.05, 0.1) is 11.4 Å². The summed E-state index contributed by atoms with van der Waals surface area (Å²) >= 11 is 1.79. The van der Waals surface area contributed by atoms with Crippen molar-refractivity contribution in [3.05, 3.63) is 84.8 Å². The molecule has 1 aromatic heterocycles. The molecule has 0 aliphatic carbocycles. The van der Waals surface area contributed by atoms with Gasteiger partial charge in [0.25, 0.3) is 0 Å². The van der Waals surface area contributed by atoms with Gasteiger partial charge in [-0.3, -0.25) is 0 Å². The zero-order valence-corrected chi connectivity index (χ0v) is 14.7. The number of hydrogen-bond donors (Lipinski definition) is 0. The zero-order chi connectivity index (χ0) is 17.3. The summed E-state index contributed by atoms with van der Waals surface area (Å²) in [5.74, 6) is 1.15. The predicted molar refractivity (Wildman–Crippen MR) is 103 cm³/mol. The summed E-state index contributed by atoms with van der Waals surface area (Å²) < 4.78 is 5.93. The van der Waals surface area contributed by atoms with Crippen LogP contribution in [0.4, 0.5) is 11.4 Å². The number of anilines is 2. The van der Waals surface area contributed by atoms with Crippen LogP contribution in [-0.4, -0.2) is 10.2 Å². The highest BCUT2D eigenvalue weighted by molar-refractivity contribution is 7.99. The van der Waals surface area contributed by atoms with E-state index in [1.807, 2.05) is 30.3 Å². The van der Waals surface area contributed by atoms with Gasteiger partial charge < -0.3 is 9.32 Å². The SMILES string of the molecule is c1ccc(-c2nnc(CN3c4ccccc4Sc4ccccc43)o2)cc1. The standard InChI is InChI=1S/C21H15N3OS/c1-2-8-15(9-3-1)21-23-22-20(25-21)14-24-16-10-4-6-12-18(16)26-19-13-7-5-11-17(19)24/h1-13H,14H2. The zero-order valence-electron chi connectivity index (χ0n) is 13.9. The first-order valence-electron chi connectivity index (χ1n) is 8.40. The van der Waals surface area contributed by atoms with E-state index in [-0.39, 0.29) is 0 Å². The molecule has 4 nitrogen and oxygen atoms in total. The molecule has 5 rings (SSSR count). The number of para-hydroxylation sites is 2. The minimum atomic E-state index is 0.536. The fraction of sp³-hybridized carbons (Fsp3) is 0.0476. The number of hydrogen-bond acceptors (Lipinski definition) is 5. The molecule has 0 amide bonds. The predicted octanol–water partition coefficient (Wildman–Crippen LogP) is 5.54. The van der Waals surface area contributed by atoms with Crippen molar-refractivity contribution in [2.24, 2.45) is 0 Å². The van der Waals surface area contributed by atoms with Crippen LogP contribution in [0.15, 0.2) is 93.1 Å². The van der Waals surface area contributed by atoms with E-state index in [1.54, 1.807) is 11.8 Å². The molecule has 0 bridgehead atoms. The van der Waals surface area contributed by atoms with Crippen LogP contribution in [-0.2, 0) is 6.54 Å². The summed E-state index contributed by atoms with van der Waals surface area (Å²) in [6, 6.07) is 26.7. The highest BCUT2D eigenvalue weighted by atomic mass is 32.2. The summed E-state index contributed by atoms with van der Waals surface area (Å²) in [5, 5.41) is 8.48. The lowest BCUT2D eigenvalue weighted by Crippen LogP contribution is -2.20. The van der Waals surface area contributed by atoms with Gasteiger partial charge in [-0.25, -0.2) is 0 Å². The van der Waals surface area contributed by atoms with Crippen LogP contribution in [0.2, 0.25) is 0 Å². The van der Waals surface area contributed by atoms with Crippen molar-refractivity contribution in [2.75, 3.05) is 4.90 Å². The molecule has 0 unspecified atom stereocenters. The second-order valence-electron chi connectivity index (χ2n) is 5.99. The summed E-state index contributed by atoms with van der Waals surface area (Å²) in [5.41, 5.74) is 3.26. The Kier molecular flexibility index (Phi) is 3.72. The molecule has 2 heterocycles. The Hall–Kier alpha value is -3.05. The molecular weight excluding hydrogens is 342 g/mol. The monoisotopic (exact) mass is 357 g/mol. The van der Waals surface area contributed by atoms with E-state index in [4.69, 9.17) is 4.42 Å². The minimum absolute atomic E-state index is 0.536. The lowest BCUT2D eigenvalue weighted by molar-refractivity contribution is 0.505. The first kappa shape index (κ1) is 15.2. The van der Waals surface area contributed by atoms with Gasteiger partial charge in [0, 0.05) is 15.4 Å². The number of benzene rings is 3. The van der Waals surface area contributed by atoms with Crippen LogP contribution in [0.3, 0.4) is 0 Å². The van der Waals surface area contributed by atoms with Crippen molar-refractivity contribution in [1.29, 1.82) is 0 Å². The van der Waals surface area contributed by atoms with Gasteiger partial charge in [0.15, 0.2) is 0 Å². The van der Waals surface area contributed by atoms with E-state index in [1.165, 1.54) is 9.79 Å². The summed E-state index contributed by atoms with van der Waals surface area (Å²) in [4.78, 5) is 4.70. The Morgan fingerprint density at radius 1 is 0.731 bits per heavy atom. The largest absolute Gasteiger partial charge is 0.419 e. The Morgan fingerprint density at radius 2 is 1.35 bits per heavy atom. The first-order chi connectivity index (χ1) is 12.9. The van der Waals surface area contributed by atoms with E-state index >= 15 is 0 Å². The Balaban J connectivity index is 1.52. The van der Waals surface area contributed by atoms with Crippen LogP contribution in [0.25, 0.3) is 11.5 Å². The summed E-state index contributed by atoms with van der Waals surface area (Å²) in [7, 11) is 0. The molecule has 1 aliphatic heterocycles. The second kappa shape index (κ2) is 6.35. The van der Waals surface area contributed by atoms with Crippen LogP contribution in [0.1, 0.15) is 5.89 Å². The van der Waals surface area contributed by atoms with E-state index < -0.39 is 0 Å². The van der Waals surface area contributed by atoms with Crippen LogP contribution >= 0.6 is 11.8 Å². The second-order valence-corrected chi connectivity index (χ2v) is 7.07. The molecule has 0 saturated heterocycles. The van der Waals surface area contributed by atoms with Gasteiger partial charge in [0.2, 0.25) is 11.8 Å². The van der Waals surface area contributed by atoms with Crippen molar-refractivity contribution in [1.82, 2.24) is 10.2 Å². The molecule has 0 radical (unpaired) electrons. The average molecular weight is 357 g/mol. The lowest BCUT2D eigenvalue weighted by atomic mass is 10.2. The molecule has 5 heteroatoms. The number of aromatic nitrogens is 2. The quantitative estimate of drug-likeness (QED) is 0.481. The Labute approximate surface area is 155 Å². The lowest BCUT2D eigenvalue weighted by Gasteiger charge is -2.31. The van der Waals surface area contributed by atoms with Gasteiger partial charge in [-0.1, -0.05) is 54.2 Å². The number of nitrogens with zero attached hydrogens (tertiary/aromatic N) is 3. The third kappa shape index (κ3) is 2.66. The first-order valence-corrected chi connectivity index (χ1v) is 9.21.